The number of methoxy groups -OCH3 is 2. The lowest BCUT2D eigenvalue weighted by Gasteiger charge is -2.02. The zero-order chi connectivity index (χ0) is 12.3. The molecule has 0 spiro atoms. The van der Waals surface area contributed by atoms with Gasteiger partial charge in [0, 0.05) is 20.4 Å². The molecule has 0 saturated carbocycles. The van der Waals surface area contributed by atoms with Gasteiger partial charge in [-0.05, 0) is 12.1 Å². The highest BCUT2D eigenvalue weighted by molar-refractivity contribution is 5.60. The summed E-state index contributed by atoms with van der Waals surface area (Å²) in [6.07, 6.45) is 1.67. The number of hydrogen-bond donors (Lipinski definition) is 0. The van der Waals surface area contributed by atoms with E-state index in [2.05, 4.69) is 15.1 Å². The van der Waals surface area contributed by atoms with Crippen molar-refractivity contribution in [2.45, 2.75) is 6.61 Å². The summed E-state index contributed by atoms with van der Waals surface area (Å²) in [5, 5.41) is 4.31. The molecule has 6 heteroatoms. The van der Waals surface area contributed by atoms with E-state index in [1.54, 1.807) is 25.1 Å². The third kappa shape index (κ3) is 2.26. The first kappa shape index (κ1) is 11.5. The number of ether oxygens (including phenoxy) is 2. The van der Waals surface area contributed by atoms with Crippen LogP contribution >= 0.6 is 0 Å². The first-order valence-corrected chi connectivity index (χ1v) is 5.14. The third-order valence-electron chi connectivity index (χ3n) is 2.33. The van der Waals surface area contributed by atoms with Crippen LogP contribution in [0.3, 0.4) is 0 Å². The molecule has 0 aliphatic carbocycles. The summed E-state index contributed by atoms with van der Waals surface area (Å²) >= 11 is 0. The van der Waals surface area contributed by atoms with Crippen LogP contribution in [-0.2, 0) is 18.4 Å². The monoisotopic (exact) mass is 234 g/mol. The molecule has 2 aromatic rings. The summed E-state index contributed by atoms with van der Waals surface area (Å²) in [6.45, 7) is 0.423. The Morgan fingerprint density at radius 1 is 1.35 bits per heavy atom. The van der Waals surface area contributed by atoms with Crippen molar-refractivity contribution in [1.29, 1.82) is 0 Å². The Kier molecular flexibility index (Phi) is 3.34. The Balaban J connectivity index is 2.42. The molecule has 0 N–H and O–H groups in total. The minimum absolute atomic E-state index is 0.423. The second-order valence-electron chi connectivity index (χ2n) is 3.47. The Morgan fingerprint density at radius 2 is 2.18 bits per heavy atom. The van der Waals surface area contributed by atoms with E-state index in [1.165, 1.54) is 0 Å². The Labute approximate surface area is 99.2 Å². The summed E-state index contributed by atoms with van der Waals surface area (Å²) in [6, 6.07) is 3.70. The van der Waals surface area contributed by atoms with Gasteiger partial charge in [0.2, 0.25) is 5.88 Å². The van der Waals surface area contributed by atoms with E-state index >= 15 is 0 Å². The van der Waals surface area contributed by atoms with Gasteiger partial charge >= 0.3 is 0 Å². The molecule has 90 valence electrons. The van der Waals surface area contributed by atoms with Gasteiger partial charge in [0.1, 0.15) is 6.61 Å². The number of hydrogen-bond acceptors (Lipinski definition) is 5. The second-order valence-corrected chi connectivity index (χ2v) is 3.47. The molecule has 0 atom stereocenters. The normalized spacial score (nSPS) is 10.5. The van der Waals surface area contributed by atoms with Crippen molar-refractivity contribution in [2.24, 2.45) is 7.05 Å². The van der Waals surface area contributed by atoms with E-state index in [-0.39, 0.29) is 0 Å². The molecule has 0 aliphatic heterocycles. The van der Waals surface area contributed by atoms with E-state index in [0.29, 0.717) is 18.3 Å². The zero-order valence-corrected chi connectivity index (χ0v) is 10.0. The van der Waals surface area contributed by atoms with Crippen molar-refractivity contribution in [3.63, 3.8) is 0 Å². The largest absolute Gasteiger partial charge is 0.480 e. The standard InChI is InChI=1S/C11H14N4O2/c1-15-9(7-16-2)13-10(14-15)8-5-4-6-12-11(8)17-3/h4-6H,7H2,1-3H3. The molecule has 0 radical (unpaired) electrons. The maximum absolute atomic E-state index is 5.18. The van der Waals surface area contributed by atoms with Crippen LogP contribution in [0.15, 0.2) is 18.3 Å². The van der Waals surface area contributed by atoms with Crippen LogP contribution in [0.1, 0.15) is 5.82 Å². The van der Waals surface area contributed by atoms with Crippen LogP contribution in [-0.4, -0.2) is 34.0 Å². The molecule has 17 heavy (non-hydrogen) atoms. The predicted molar refractivity (Wildman–Crippen MR) is 61.5 cm³/mol. The Morgan fingerprint density at radius 3 is 2.88 bits per heavy atom. The minimum Gasteiger partial charge on any atom is -0.480 e. The molecule has 2 aromatic heterocycles. The van der Waals surface area contributed by atoms with E-state index in [4.69, 9.17) is 9.47 Å². The summed E-state index contributed by atoms with van der Waals surface area (Å²) < 4.78 is 11.9. The fourth-order valence-electron chi connectivity index (χ4n) is 1.51. The molecular formula is C11H14N4O2. The molecule has 0 amide bonds. The third-order valence-corrected chi connectivity index (χ3v) is 2.33. The van der Waals surface area contributed by atoms with E-state index in [0.717, 1.165) is 11.4 Å². The Hall–Kier alpha value is -1.95. The van der Waals surface area contributed by atoms with Gasteiger partial charge in [0.15, 0.2) is 11.6 Å². The van der Waals surface area contributed by atoms with Crippen LogP contribution in [0.5, 0.6) is 5.88 Å². The number of nitrogens with zero attached hydrogens (tertiary/aromatic N) is 4. The number of aryl methyl sites for hydroxylation is 1. The van der Waals surface area contributed by atoms with Gasteiger partial charge in [-0.3, -0.25) is 4.68 Å². The highest BCUT2D eigenvalue weighted by Crippen LogP contribution is 2.24. The van der Waals surface area contributed by atoms with Gasteiger partial charge < -0.3 is 9.47 Å². The van der Waals surface area contributed by atoms with Crippen LogP contribution in [0.2, 0.25) is 0 Å². The average Bonchev–Trinajstić information content (AvgIpc) is 2.71. The molecular weight excluding hydrogens is 220 g/mol. The molecule has 6 nitrogen and oxygen atoms in total. The van der Waals surface area contributed by atoms with Crippen molar-refractivity contribution < 1.29 is 9.47 Å². The summed E-state index contributed by atoms with van der Waals surface area (Å²) in [4.78, 5) is 8.50. The lowest BCUT2D eigenvalue weighted by Crippen LogP contribution is -2.00. The second kappa shape index (κ2) is 4.92. The molecule has 0 fully saturated rings. The smallest absolute Gasteiger partial charge is 0.224 e. The minimum atomic E-state index is 0.423. The molecule has 2 rings (SSSR count). The zero-order valence-electron chi connectivity index (χ0n) is 10.0. The quantitative estimate of drug-likeness (QED) is 0.790. The molecule has 0 unspecified atom stereocenters. The maximum atomic E-state index is 5.18. The van der Waals surface area contributed by atoms with E-state index in [9.17, 15) is 0 Å². The van der Waals surface area contributed by atoms with Gasteiger partial charge in [-0.2, -0.15) is 5.10 Å². The van der Waals surface area contributed by atoms with Gasteiger partial charge in [-0.15, -0.1) is 0 Å². The lowest BCUT2D eigenvalue weighted by molar-refractivity contribution is 0.174. The summed E-state index contributed by atoms with van der Waals surface area (Å²) in [5.74, 6) is 1.86. The topological polar surface area (TPSA) is 62.1 Å². The number of rotatable bonds is 4. The maximum Gasteiger partial charge on any atom is 0.224 e. The molecule has 2 heterocycles. The highest BCUT2D eigenvalue weighted by atomic mass is 16.5. The average molecular weight is 234 g/mol. The lowest BCUT2D eigenvalue weighted by atomic mass is 10.2. The molecule has 0 saturated heterocycles. The van der Waals surface area contributed by atoms with E-state index in [1.807, 2.05) is 19.2 Å². The van der Waals surface area contributed by atoms with Crippen molar-refractivity contribution in [1.82, 2.24) is 19.7 Å². The van der Waals surface area contributed by atoms with Crippen molar-refractivity contribution in [3.05, 3.63) is 24.2 Å². The first-order valence-electron chi connectivity index (χ1n) is 5.14. The predicted octanol–water partition coefficient (Wildman–Crippen LogP) is 1.03. The fourth-order valence-corrected chi connectivity index (χ4v) is 1.51. The molecule has 0 aromatic carbocycles. The SMILES string of the molecule is COCc1nc(-c2cccnc2OC)nn1C. The highest BCUT2D eigenvalue weighted by Gasteiger charge is 2.13. The molecule has 0 aliphatic rings. The number of aromatic nitrogens is 4. The van der Waals surface area contributed by atoms with Crippen LogP contribution in [0.4, 0.5) is 0 Å². The van der Waals surface area contributed by atoms with Crippen LogP contribution in [0.25, 0.3) is 11.4 Å². The van der Waals surface area contributed by atoms with Crippen molar-refractivity contribution >= 4 is 0 Å². The van der Waals surface area contributed by atoms with Gasteiger partial charge in [0.25, 0.3) is 0 Å². The first-order chi connectivity index (χ1) is 8.26. The van der Waals surface area contributed by atoms with E-state index < -0.39 is 0 Å². The van der Waals surface area contributed by atoms with Crippen LogP contribution in [0, 0.1) is 0 Å². The fraction of sp³-hybridized carbons (Fsp3) is 0.364. The van der Waals surface area contributed by atoms with Crippen molar-refractivity contribution in [3.8, 4) is 17.3 Å². The summed E-state index contributed by atoms with van der Waals surface area (Å²) in [7, 11) is 5.03. The van der Waals surface area contributed by atoms with Crippen LogP contribution < -0.4 is 4.74 Å². The number of pyridine rings is 1. The summed E-state index contributed by atoms with van der Waals surface area (Å²) in [5.41, 5.74) is 0.771. The molecule has 0 bridgehead atoms. The van der Waals surface area contributed by atoms with Gasteiger partial charge in [-0.25, -0.2) is 9.97 Å². The Bertz CT molecular complexity index is 510. The van der Waals surface area contributed by atoms with Gasteiger partial charge in [0.05, 0.1) is 12.7 Å². The van der Waals surface area contributed by atoms with Gasteiger partial charge in [-0.1, -0.05) is 0 Å². The van der Waals surface area contributed by atoms with Crippen molar-refractivity contribution in [2.75, 3.05) is 14.2 Å².